The summed E-state index contributed by atoms with van der Waals surface area (Å²) in [7, 11) is 0. The standard InChI is InChI=1S/C23H17Cl2N3O2/c24-18-10-6-16(7-11-18)21-20(26-22(29)17-8-12-19(25)13-9-17)23(30)27-28(21)14-15-4-2-1-3-5-15/h1-14,20-21H,(H-,26,27,29,30)/p+1/b28-14-/t20-,21+/m1/s1. The summed E-state index contributed by atoms with van der Waals surface area (Å²) in [5, 5.41) is 3.98. The number of nitrogens with one attached hydrogen (secondary N) is 2. The highest BCUT2D eigenvalue weighted by Gasteiger charge is 2.47. The van der Waals surface area contributed by atoms with Gasteiger partial charge >= 0.3 is 5.91 Å². The van der Waals surface area contributed by atoms with Crippen molar-refractivity contribution in [3.8, 4) is 0 Å². The fourth-order valence-electron chi connectivity index (χ4n) is 3.37. The molecule has 2 amide bonds. The van der Waals surface area contributed by atoms with Crippen LogP contribution in [0.25, 0.3) is 0 Å². The number of carbonyl (C=O) groups is 2. The summed E-state index contributed by atoms with van der Waals surface area (Å²) in [5.41, 5.74) is 5.03. The van der Waals surface area contributed by atoms with E-state index in [1.807, 2.05) is 48.7 Å². The Hall–Kier alpha value is -3.15. The molecule has 1 heterocycles. The molecule has 2 atom stereocenters. The summed E-state index contributed by atoms with van der Waals surface area (Å²) in [4.78, 5) is 25.6. The van der Waals surface area contributed by atoms with Gasteiger partial charge in [0, 0.05) is 26.7 Å². The van der Waals surface area contributed by atoms with E-state index in [-0.39, 0.29) is 11.8 Å². The third-order valence-electron chi connectivity index (χ3n) is 4.83. The number of hydrazine groups is 1. The molecule has 0 saturated carbocycles. The normalized spacial score (nSPS) is 19.5. The second-order valence-electron chi connectivity index (χ2n) is 6.88. The van der Waals surface area contributed by atoms with E-state index in [1.54, 1.807) is 41.1 Å². The Kier molecular flexibility index (Phi) is 5.84. The second-order valence-corrected chi connectivity index (χ2v) is 7.75. The molecule has 5 nitrogen and oxygen atoms in total. The van der Waals surface area contributed by atoms with E-state index in [0.29, 0.717) is 15.6 Å². The number of hydrogen-bond acceptors (Lipinski definition) is 2. The summed E-state index contributed by atoms with van der Waals surface area (Å²) >= 11 is 11.9. The maximum Gasteiger partial charge on any atom is 0.304 e. The van der Waals surface area contributed by atoms with Gasteiger partial charge in [-0.3, -0.25) is 9.59 Å². The van der Waals surface area contributed by atoms with Crippen molar-refractivity contribution in [3.05, 3.63) is 106 Å². The Morgan fingerprint density at radius 1 is 0.900 bits per heavy atom. The number of hydrogen-bond donors (Lipinski definition) is 2. The van der Waals surface area contributed by atoms with Gasteiger partial charge in [-0.2, -0.15) is 0 Å². The van der Waals surface area contributed by atoms with Crippen molar-refractivity contribution in [3.63, 3.8) is 0 Å². The van der Waals surface area contributed by atoms with Gasteiger partial charge in [0.1, 0.15) is 0 Å². The molecule has 7 heteroatoms. The first kappa shape index (κ1) is 20.1. The van der Waals surface area contributed by atoms with Crippen molar-refractivity contribution in [2.75, 3.05) is 0 Å². The molecule has 4 rings (SSSR count). The summed E-state index contributed by atoms with van der Waals surface area (Å²) in [6.07, 6.45) is 1.84. The lowest BCUT2D eigenvalue weighted by molar-refractivity contribution is -0.596. The van der Waals surface area contributed by atoms with E-state index in [0.717, 1.165) is 11.1 Å². The van der Waals surface area contributed by atoms with Crippen LogP contribution in [0.5, 0.6) is 0 Å². The Morgan fingerprint density at radius 2 is 1.50 bits per heavy atom. The first-order chi connectivity index (χ1) is 14.5. The highest BCUT2D eigenvalue weighted by atomic mass is 35.5. The lowest BCUT2D eigenvalue weighted by atomic mass is 10.00. The molecule has 0 aliphatic carbocycles. The molecule has 0 spiro atoms. The van der Waals surface area contributed by atoms with Crippen LogP contribution in [0.2, 0.25) is 10.0 Å². The molecule has 1 fully saturated rings. The van der Waals surface area contributed by atoms with E-state index in [2.05, 4.69) is 10.7 Å². The van der Waals surface area contributed by atoms with Crippen molar-refractivity contribution >= 4 is 41.2 Å². The SMILES string of the molecule is O=C(N[C@H]1C(=O)N/[N+](=C\c2ccccc2)[C@H]1c1ccc(Cl)cc1)c1ccc(Cl)cc1. The zero-order valence-electron chi connectivity index (χ0n) is 15.8. The maximum atomic E-state index is 12.8. The number of carbonyl (C=O) groups excluding carboxylic acids is 2. The number of nitrogens with zero attached hydrogens (tertiary/aromatic N) is 1. The van der Waals surface area contributed by atoms with Crippen LogP contribution in [-0.4, -0.2) is 28.8 Å². The number of benzene rings is 3. The van der Waals surface area contributed by atoms with Crippen LogP contribution in [0.4, 0.5) is 0 Å². The van der Waals surface area contributed by atoms with E-state index >= 15 is 0 Å². The second kappa shape index (κ2) is 8.69. The van der Waals surface area contributed by atoms with Gasteiger partial charge in [0.2, 0.25) is 12.3 Å². The Bertz CT molecular complexity index is 1100. The first-order valence-electron chi connectivity index (χ1n) is 9.32. The molecule has 3 aromatic rings. The fourth-order valence-corrected chi connectivity index (χ4v) is 3.62. The number of amides is 2. The zero-order chi connectivity index (χ0) is 21.1. The summed E-state index contributed by atoms with van der Waals surface area (Å²) in [5.74, 6) is -0.656. The van der Waals surface area contributed by atoms with E-state index in [1.165, 1.54) is 0 Å². The summed E-state index contributed by atoms with van der Waals surface area (Å²) < 4.78 is 1.72. The molecule has 3 aromatic carbocycles. The minimum absolute atomic E-state index is 0.301. The van der Waals surface area contributed by atoms with Gasteiger partial charge in [0.25, 0.3) is 5.91 Å². The fraction of sp³-hybridized carbons (Fsp3) is 0.0870. The molecule has 30 heavy (non-hydrogen) atoms. The van der Waals surface area contributed by atoms with Gasteiger partial charge in [-0.1, -0.05) is 53.5 Å². The Morgan fingerprint density at radius 3 is 2.13 bits per heavy atom. The third kappa shape index (κ3) is 4.37. The van der Waals surface area contributed by atoms with Crippen molar-refractivity contribution in [1.29, 1.82) is 0 Å². The van der Waals surface area contributed by atoms with Gasteiger partial charge in [-0.15, -0.1) is 10.1 Å². The lowest BCUT2D eigenvalue weighted by Gasteiger charge is -2.15. The average molecular weight is 439 g/mol. The van der Waals surface area contributed by atoms with Gasteiger partial charge in [0.05, 0.1) is 0 Å². The largest absolute Gasteiger partial charge is 0.334 e. The molecule has 1 saturated heterocycles. The topological polar surface area (TPSA) is 61.2 Å². The van der Waals surface area contributed by atoms with Crippen LogP contribution < -0.4 is 10.7 Å². The molecule has 2 N–H and O–H groups in total. The van der Waals surface area contributed by atoms with E-state index < -0.39 is 12.1 Å². The van der Waals surface area contributed by atoms with Crippen molar-refractivity contribution in [1.82, 2.24) is 10.7 Å². The highest BCUT2D eigenvalue weighted by molar-refractivity contribution is 6.30. The predicted octanol–water partition coefficient (Wildman–Crippen LogP) is 4.01. The molecule has 0 radical (unpaired) electrons. The molecular formula is C23H18Cl2N3O2+. The smallest absolute Gasteiger partial charge is 0.304 e. The van der Waals surface area contributed by atoms with Gasteiger partial charge in [-0.25, -0.2) is 0 Å². The van der Waals surface area contributed by atoms with E-state index in [4.69, 9.17) is 23.2 Å². The van der Waals surface area contributed by atoms with Crippen LogP contribution in [0.3, 0.4) is 0 Å². The Balaban J connectivity index is 1.69. The predicted molar refractivity (Wildman–Crippen MR) is 117 cm³/mol. The quantitative estimate of drug-likeness (QED) is 0.604. The highest BCUT2D eigenvalue weighted by Crippen LogP contribution is 2.27. The molecule has 1 aliphatic rings. The van der Waals surface area contributed by atoms with Crippen LogP contribution in [0.15, 0.2) is 78.9 Å². The average Bonchev–Trinajstić information content (AvgIpc) is 3.04. The zero-order valence-corrected chi connectivity index (χ0v) is 17.3. The van der Waals surface area contributed by atoms with Gasteiger partial charge in [0.15, 0.2) is 6.04 Å². The summed E-state index contributed by atoms with van der Waals surface area (Å²) in [6, 6.07) is 22.1. The van der Waals surface area contributed by atoms with Crippen LogP contribution in [0.1, 0.15) is 27.5 Å². The molecular weight excluding hydrogens is 421 g/mol. The van der Waals surface area contributed by atoms with Crippen molar-refractivity contribution in [2.45, 2.75) is 12.1 Å². The number of hydrazone groups is 1. The maximum absolute atomic E-state index is 12.8. The minimum Gasteiger partial charge on any atom is -0.334 e. The molecule has 1 aliphatic heterocycles. The monoisotopic (exact) mass is 438 g/mol. The third-order valence-corrected chi connectivity index (χ3v) is 5.33. The number of halogens is 2. The van der Waals surface area contributed by atoms with Gasteiger partial charge < -0.3 is 5.32 Å². The lowest BCUT2D eigenvalue weighted by Crippen LogP contribution is -2.42. The molecule has 0 bridgehead atoms. The number of rotatable bonds is 4. The van der Waals surface area contributed by atoms with Crippen LogP contribution >= 0.6 is 23.2 Å². The summed E-state index contributed by atoms with van der Waals surface area (Å²) in [6.45, 7) is 0. The Labute approximate surface area is 183 Å². The van der Waals surface area contributed by atoms with Crippen LogP contribution in [-0.2, 0) is 4.79 Å². The minimum atomic E-state index is -0.797. The van der Waals surface area contributed by atoms with Crippen molar-refractivity contribution in [2.24, 2.45) is 0 Å². The van der Waals surface area contributed by atoms with E-state index in [9.17, 15) is 9.59 Å². The first-order valence-corrected chi connectivity index (χ1v) is 10.1. The molecule has 0 aromatic heterocycles. The molecule has 150 valence electrons. The van der Waals surface area contributed by atoms with Crippen LogP contribution in [0, 0.1) is 0 Å². The van der Waals surface area contributed by atoms with Crippen molar-refractivity contribution < 1.29 is 14.3 Å². The van der Waals surface area contributed by atoms with Gasteiger partial charge in [-0.05, 0) is 48.5 Å². The molecule has 0 unspecified atom stereocenters.